The maximum atomic E-state index is 13.0. The summed E-state index contributed by atoms with van der Waals surface area (Å²) in [7, 11) is 2.13. The Morgan fingerprint density at radius 2 is 1.91 bits per heavy atom. The Labute approximate surface area is 138 Å². The molecule has 1 amide bonds. The fourth-order valence-corrected chi connectivity index (χ4v) is 4.63. The van der Waals surface area contributed by atoms with E-state index in [9.17, 15) is 4.79 Å². The molecule has 2 fully saturated rings. The molecular weight excluding hydrogens is 286 g/mol. The molecule has 1 unspecified atom stereocenters. The van der Waals surface area contributed by atoms with E-state index in [1.165, 1.54) is 31.2 Å². The Morgan fingerprint density at radius 3 is 2.70 bits per heavy atom. The van der Waals surface area contributed by atoms with Crippen molar-refractivity contribution in [1.29, 1.82) is 0 Å². The predicted molar refractivity (Wildman–Crippen MR) is 92.4 cm³/mol. The lowest BCUT2D eigenvalue weighted by molar-refractivity contribution is -0.119. The molecule has 3 heterocycles. The summed E-state index contributed by atoms with van der Waals surface area (Å²) in [5, 5.41) is 3.67. The van der Waals surface area contributed by atoms with Gasteiger partial charge >= 0.3 is 0 Å². The molecule has 23 heavy (non-hydrogen) atoms. The quantitative estimate of drug-likeness (QED) is 0.910. The fourth-order valence-electron chi connectivity index (χ4n) is 4.63. The summed E-state index contributed by atoms with van der Waals surface area (Å²) in [4.78, 5) is 17.4. The normalized spacial score (nSPS) is 30.8. The van der Waals surface area contributed by atoms with Gasteiger partial charge in [0.1, 0.15) is 0 Å². The predicted octanol–water partition coefficient (Wildman–Crippen LogP) is 2.39. The van der Waals surface area contributed by atoms with E-state index in [2.05, 4.69) is 41.5 Å². The van der Waals surface area contributed by atoms with Crippen molar-refractivity contribution < 1.29 is 4.79 Å². The van der Waals surface area contributed by atoms with Crippen LogP contribution in [0.15, 0.2) is 24.3 Å². The minimum absolute atomic E-state index is 0.319. The molecule has 3 aliphatic heterocycles. The molecule has 1 aromatic rings. The van der Waals surface area contributed by atoms with Crippen LogP contribution >= 0.6 is 0 Å². The molecule has 2 bridgehead atoms. The molecule has 0 aliphatic carbocycles. The third kappa shape index (κ3) is 3.15. The number of carbonyl (C=O) groups is 1. The van der Waals surface area contributed by atoms with Crippen LogP contribution in [0.1, 0.15) is 37.7 Å². The standard InChI is InChI=1S/C19H27N3O/c1-21-8-9-22(18-5-3-2-4-15(18)13-21)19(23)12-14-10-16-6-7-17(11-14)20-16/h2-5,14,16-17,20H,6-13H2,1H3/t14?,16-,17+. The molecule has 0 radical (unpaired) electrons. The molecule has 2 saturated heterocycles. The third-order valence-corrected chi connectivity index (χ3v) is 5.76. The number of piperidine rings is 1. The van der Waals surface area contributed by atoms with Crippen LogP contribution in [0, 0.1) is 5.92 Å². The summed E-state index contributed by atoms with van der Waals surface area (Å²) in [6.45, 7) is 2.68. The van der Waals surface area contributed by atoms with Crippen molar-refractivity contribution in [2.75, 3.05) is 25.0 Å². The molecule has 124 valence electrons. The first-order valence-corrected chi connectivity index (χ1v) is 9.02. The minimum Gasteiger partial charge on any atom is -0.311 e. The first kappa shape index (κ1) is 15.2. The first-order valence-electron chi connectivity index (χ1n) is 9.02. The molecule has 0 saturated carbocycles. The lowest BCUT2D eigenvalue weighted by Crippen LogP contribution is -2.41. The number of hydrogen-bond donors (Lipinski definition) is 1. The number of benzene rings is 1. The summed E-state index contributed by atoms with van der Waals surface area (Å²) in [5.74, 6) is 0.883. The van der Waals surface area contributed by atoms with Gasteiger partial charge in [-0.1, -0.05) is 18.2 Å². The Bertz CT molecular complexity index is 576. The summed E-state index contributed by atoms with van der Waals surface area (Å²) >= 11 is 0. The number of likely N-dealkylation sites (N-methyl/N-ethyl adjacent to an activating group) is 1. The van der Waals surface area contributed by atoms with Crippen LogP contribution in [0.5, 0.6) is 0 Å². The molecule has 3 atom stereocenters. The van der Waals surface area contributed by atoms with E-state index >= 15 is 0 Å². The monoisotopic (exact) mass is 313 g/mol. The Kier molecular flexibility index (Phi) is 4.12. The van der Waals surface area contributed by atoms with E-state index in [-0.39, 0.29) is 0 Å². The van der Waals surface area contributed by atoms with E-state index < -0.39 is 0 Å². The summed E-state index contributed by atoms with van der Waals surface area (Å²) < 4.78 is 0. The highest BCUT2D eigenvalue weighted by Crippen LogP contribution is 2.34. The van der Waals surface area contributed by atoms with Crippen LogP contribution in [0.25, 0.3) is 0 Å². The number of para-hydroxylation sites is 1. The summed E-state index contributed by atoms with van der Waals surface area (Å²) in [6.07, 6.45) is 5.67. The van der Waals surface area contributed by atoms with Gasteiger partial charge in [-0.15, -0.1) is 0 Å². The number of nitrogens with one attached hydrogen (secondary N) is 1. The highest BCUT2D eigenvalue weighted by atomic mass is 16.2. The van der Waals surface area contributed by atoms with Gasteiger partial charge in [0.25, 0.3) is 0 Å². The average molecular weight is 313 g/mol. The van der Waals surface area contributed by atoms with E-state index in [1.807, 2.05) is 4.90 Å². The Balaban J connectivity index is 1.49. The maximum Gasteiger partial charge on any atom is 0.227 e. The second-order valence-electron chi connectivity index (χ2n) is 7.59. The Hall–Kier alpha value is -1.39. The molecule has 0 spiro atoms. The number of nitrogens with zero attached hydrogens (tertiary/aromatic N) is 2. The highest BCUT2D eigenvalue weighted by Gasteiger charge is 2.35. The lowest BCUT2D eigenvalue weighted by Gasteiger charge is -2.31. The molecular formula is C19H27N3O. The zero-order chi connectivity index (χ0) is 15.8. The number of amides is 1. The van der Waals surface area contributed by atoms with Gasteiger partial charge in [-0.05, 0) is 50.3 Å². The summed E-state index contributed by atoms with van der Waals surface area (Å²) in [5.41, 5.74) is 2.39. The van der Waals surface area contributed by atoms with Gasteiger partial charge in [0.05, 0.1) is 0 Å². The smallest absolute Gasteiger partial charge is 0.227 e. The van der Waals surface area contributed by atoms with Crippen molar-refractivity contribution in [3.63, 3.8) is 0 Å². The van der Waals surface area contributed by atoms with Crippen LogP contribution in [0.3, 0.4) is 0 Å². The van der Waals surface area contributed by atoms with Crippen molar-refractivity contribution in [3.8, 4) is 0 Å². The van der Waals surface area contributed by atoms with Crippen molar-refractivity contribution in [2.24, 2.45) is 5.92 Å². The van der Waals surface area contributed by atoms with Crippen molar-refractivity contribution in [1.82, 2.24) is 10.2 Å². The van der Waals surface area contributed by atoms with Crippen LogP contribution in [-0.4, -0.2) is 43.0 Å². The van der Waals surface area contributed by atoms with Gasteiger partial charge in [0.2, 0.25) is 5.91 Å². The topological polar surface area (TPSA) is 35.6 Å². The SMILES string of the molecule is CN1CCN(C(=O)CC2C[C@H]3CC[C@@H](C2)N3)c2ccccc2C1. The third-order valence-electron chi connectivity index (χ3n) is 5.76. The van der Waals surface area contributed by atoms with E-state index in [0.717, 1.165) is 25.3 Å². The Morgan fingerprint density at radius 1 is 1.17 bits per heavy atom. The van der Waals surface area contributed by atoms with E-state index in [1.54, 1.807) is 0 Å². The van der Waals surface area contributed by atoms with Gasteiger partial charge in [-0.3, -0.25) is 4.79 Å². The molecule has 4 heteroatoms. The van der Waals surface area contributed by atoms with E-state index in [0.29, 0.717) is 30.3 Å². The number of hydrogen-bond acceptors (Lipinski definition) is 3. The van der Waals surface area contributed by atoms with Crippen LogP contribution in [-0.2, 0) is 11.3 Å². The highest BCUT2D eigenvalue weighted by molar-refractivity contribution is 5.94. The van der Waals surface area contributed by atoms with Gasteiger partial charge in [0, 0.05) is 43.8 Å². The van der Waals surface area contributed by atoms with Crippen molar-refractivity contribution in [3.05, 3.63) is 29.8 Å². The minimum atomic E-state index is 0.319. The van der Waals surface area contributed by atoms with Crippen molar-refractivity contribution >= 4 is 11.6 Å². The maximum absolute atomic E-state index is 13.0. The average Bonchev–Trinajstić information content (AvgIpc) is 2.77. The van der Waals surface area contributed by atoms with Crippen LogP contribution in [0.2, 0.25) is 0 Å². The van der Waals surface area contributed by atoms with E-state index in [4.69, 9.17) is 0 Å². The molecule has 1 aromatic carbocycles. The molecule has 3 aliphatic rings. The zero-order valence-corrected chi connectivity index (χ0v) is 14.0. The fraction of sp³-hybridized carbons (Fsp3) is 0.632. The second-order valence-corrected chi connectivity index (χ2v) is 7.59. The molecule has 4 nitrogen and oxygen atoms in total. The zero-order valence-electron chi connectivity index (χ0n) is 14.0. The van der Waals surface area contributed by atoms with Gasteiger partial charge in [-0.2, -0.15) is 0 Å². The van der Waals surface area contributed by atoms with Crippen molar-refractivity contribution in [2.45, 2.75) is 50.7 Å². The number of carbonyl (C=O) groups excluding carboxylic acids is 1. The lowest BCUT2D eigenvalue weighted by atomic mass is 9.89. The summed E-state index contributed by atoms with van der Waals surface area (Å²) in [6, 6.07) is 9.71. The second kappa shape index (κ2) is 6.25. The molecule has 4 rings (SSSR count). The molecule has 0 aromatic heterocycles. The van der Waals surface area contributed by atoms with Crippen LogP contribution < -0.4 is 10.2 Å². The number of anilines is 1. The first-order chi connectivity index (χ1) is 11.2. The van der Waals surface area contributed by atoms with Gasteiger partial charge < -0.3 is 15.1 Å². The largest absolute Gasteiger partial charge is 0.311 e. The number of rotatable bonds is 2. The van der Waals surface area contributed by atoms with Gasteiger partial charge in [0.15, 0.2) is 0 Å². The van der Waals surface area contributed by atoms with Gasteiger partial charge in [-0.25, -0.2) is 0 Å². The molecule has 1 N–H and O–H groups in total. The number of fused-ring (bicyclic) bond motifs is 3. The van der Waals surface area contributed by atoms with Crippen LogP contribution in [0.4, 0.5) is 5.69 Å².